The second-order valence-electron chi connectivity index (χ2n) is 5.64. The smallest absolute Gasteiger partial charge is 0.404 e. The van der Waals surface area contributed by atoms with E-state index in [4.69, 9.17) is 9.15 Å². The number of ketones is 1. The van der Waals surface area contributed by atoms with E-state index in [1.807, 2.05) is 0 Å². The number of aromatic nitrogens is 2. The molecule has 1 aromatic carbocycles. The molecule has 0 aliphatic rings. The number of ether oxygens (including phenoxy) is 1. The van der Waals surface area contributed by atoms with Crippen molar-refractivity contribution in [3.63, 3.8) is 0 Å². The van der Waals surface area contributed by atoms with Crippen LogP contribution in [0.2, 0.25) is 0 Å². The maximum atomic E-state index is 12.3. The van der Waals surface area contributed by atoms with Gasteiger partial charge >= 0.3 is 5.82 Å². The van der Waals surface area contributed by atoms with Gasteiger partial charge in [-0.2, -0.15) is 4.68 Å². The Morgan fingerprint density at radius 2 is 2.21 bits per heavy atom. The lowest BCUT2D eigenvalue weighted by atomic mass is 10.1. The molecule has 10 heteroatoms. The Bertz CT molecular complexity index is 1070. The average Bonchev–Trinajstić information content (AvgIpc) is 3.26. The van der Waals surface area contributed by atoms with Crippen LogP contribution in [0.15, 0.2) is 51.5 Å². The molecule has 0 saturated carbocycles. The van der Waals surface area contributed by atoms with Crippen LogP contribution in [0.5, 0.6) is 11.5 Å². The van der Waals surface area contributed by atoms with Gasteiger partial charge in [-0.05, 0) is 63.3 Å². The van der Waals surface area contributed by atoms with Gasteiger partial charge in [-0.25, -0.2) is 0 Å². The summed E-state index contributed by atoms with van der Waals surface area (Å²) in [6, 6.07) is 7.67. The number of nitrogens with zero attached hydrogens (tertiary/aromatic N) is 3. The molecular formula is C18H14BrN3O6. The summed E-state index contributed by atoms with van der Waals surface area (Å²) in [5, 5.41) is 24.3. The minimum absolute atomic E-state index is 0.0517. The second-order valence-corrected chi connectivity index (χ2v) is 6.50. The lowest BCUT2D eigenvalue weighted by Crippen LogP contribution is -2.00. The van der Waals surface area contributed by atoms with Crippen molar-refractivity contribution in [2.45, 2.75) is 6.54 Å². The van der Waals surface area contributed by atoms with Crippen molar-refractivity contribution in [2.75, 3.05) is 7.11 Å². The lowest BCUT2D eigenvalue weighted by Gasteiger charge is -2.04. The van der Waals surface area contributed by atoms with Crippen LogP contribution in [0.4, 0.5) is 5.82 Å². The Labute approximate surface area is 167 Å². The summed E-state index contributed by atoms with van der Waals surface area (Å²) in [6.07, 6.45) is 4.33. The van der Waals surface area contributed by atoms with Crippen molar-refractivity contribution in [1.82, 2.24) is 9.78 Å². The van der Waals surface area contributed by atoms with Gasteiger partial charge in [0.25, 0.3) is 0 Å². The highest BCUT2D eigenvalue weighted by Crippen LogP contribution is 2.27. The van der Waals surface area contributed by atoms with Crippen LogP contribution in [-0.2, 0) is 6.54 Å². The van der Waals surface area contributed by atoms with Gasteiger partial charge in [0.1, 0.15) is 22.5 Å². The maximum absolute atomic E-state index is 12.3. The molecule has 9 nitrogen and oxygen atoms in total. The van der Waals surface area contributed by atoms with E-state index in [1.165, 1.54) is 48.3 Å². The van der Waals surface area contributed by atoms with Crippen molar-refractivity contribution in [1.29, 1.82) is 0 Å². The highest BCUT2D eigenvalue weighted by atomic mass is 79.9. The number of aromatic hydroxyl groups is 1. The number of hydrogen-bond acceptors (Lipinski definition) is 7. The zero-order valence-corrected chi connectivity index (χ0v) is 16.1. The van der Waals surface area contributed by atoms with Crippen LogP contribution < -0.4 is 4.74 Å². The first kappa shape index (κ1) is 19.4. The lowest BCUT2D eigenvalue weighted by molar-refractivity contribution is -0.390. The van der Waals surface area contributed by atoms with Gasteiger partial charge in [0.05, 0.1) is 18.4 Å². The number of phenols is 1. The SMILES string of the molecule is COc1cc(C(=O)/C=C/c2ccc(Cn3cc(Br)c([N+](=O)[O-])n3)o2)ccc1O. The third-order valence-corrected chi connectivity index (χ3v) is 4.29. The minimum atomic E-state index is -0.583. The zero-order valence-electron chi connectivity index (χ0n) is 14.5. The number of methoxy groups -OCH3 is 1. The van der Waals surface area contributed by atoms with Crippen LogP contribution in [-0.4, -0.2) is 32.7 Å². The van der Waals surface area contributed by atoms with Crippen LogP contribution in [0.3, 0.4) is 0 Å². The van der Waals surface area contributed by atoms with E-state index >= 15 is 0 Å². The fourth-order valence-corrected chi connectivity index (χ4v) is 2.87. The number of hydrogen-bond donors (Lipinski definition) is 1. The van der Waals surface area contributed by atoms with Gasteiger partial charge in [0.2, 0.25) is 0 Å². The van der Waals surface area contributed by atoms with Gasteiger partial charge in [-0.15, -0.1) is 0 Å². The van der Waals surface area contributed by atoms with Crippen molar-refractivity contribution < 1.29 is 24.0 Å². The van der Waals surface area contributed by atoms with Gasteiger partial charge in [-0.3, -0.25) is 4.79 Å². The van der Waals surface area contributed by atoms with E-state index in [2.05, 4.69) is 21.0 Å². The minimum Gasteiger partial charge on any atom is -0.504 e. The third-order valence-electron chi connectivity index (χ3n) is 3.74. The predicted octanol–water partition coefficient (Wildman–Crippen LogP) is 3.81. The van der Waals surface area contributed by atoms with Crippen LogP contribution in [0.1, 0.15) is 21.9 Å². The number of allylic oxidation sites excluding steroid dienone is 1. The Kier molecular flexibility index (Phi) is 5.59. The maximum Gasteiger partial charge on any atom is 0.404 e. The molecule has 0 unspecified atom stereocenters. The van der Waals surface area contributed by atoms with E-state index in [9.17, 15) is 20.0 Å². The number of carbonyl (C=O) groups excluding carboxylic acids is 1. The first-order valence-electron chi connectivity index (χ1n) is 7.93. The van der Waals surface area contributed by atoms with Crippen molar-refractivity contribution in [3.05, 3.63) is 74.3 Å². The molecule has 28 heavy (non-hydrogen) atoms. The van der Waals surface area contributed by atoms with E-state index < -0.39 is 4.92 Å². The van der Waals surface area contributed by atoms with Gasteiger partial charge in [0, 0.05) is 5.56 Å². The quantitative estimate of drug-likeness (QED) is 0.253. The highest BCUT2D eigenvalue weighted by Gasteiger charge is 2.19. The van der Waals surface area contributed by atoms with Gasteiger partial charge < -0.3 is 24.4 Å². The van der Waals surface area contributed by atoms with Crippen molar-refractivity contribution in [2.24, 2.45) is 0 Å². The Morgan fingerprint density at radius 3 is 2.89 bits per heavy atom. The largest absolute Gasteiger partial charge is 0.504 e. The van der Waals surface area contributed by atoms with E-state index in [1.54, 1.807) is 12.1 Å². The van der Waals surface area contributed by atoms with E-state index in [0.717, 1.165) is 0 Å². The number of furan rings is 1. The molecule has 0 aliphatic carbocycles. The molecule has 1 N–H and O–H groups in total. The summed E-state index contributed by atoms with van der Waals surface area (Å²) in [5.74, 6) is 0.547. The number of phenolic OH excluding ortho intramolecular Hbond substituents is 1. The molecule has 0 amide bonds. The molecule has 0 fully saturated rings. The molecule has 3 rings (SSSR count). The summed E-state index contributed by atoms with van der Waals surface area (Å²) >= 11 is 3.09. The molecule has 3 aromatic rings. The Morgan fingerprint density at radius 1 is 1.43 bits per heavy atom. The van der Waals surface area contributed by atoms with Crippen LogP contribution in [0, 0.1) is 10.1 Å². The molecule has 0 saturated heterocycles. The van der Waals surface area contributed by atoms with Gasteiger partial charge in [-0.1, -0.05) is 0 Å². The standard InChI is InChI=1S/C18H14BrN3O6/c1-27-17-8-11(2-6-16(17)24)15(23)7-5-12-3-4-13(28-12)9-21-10-14(19)18(20-21)22(25)26/h2-8,10,24H,9H2,1H3/b7-5+. The molecule has 0 bridgehead atoms. The first-order chi connectivity index (χ1) is 13.4. The second kappa shape index (κ2) is 8.09. The topological polar surface area (TPSA) is 121 Å². The van der Waals surface area contributed by atoms with E-state index in [-0.39, 0.29) is 34.1 Å². The van der Waals surface area contributed by atoms with Gasteiger partial charge in [0.15, 0.2) is 17.3 Å². The molecule has 2 heterocycles. The number of halogens is 1. The van der Waals surface area contributed by atoms with Crippen LogP contribution >= 0.6 is 15.9 Å². The molecule has 0 radical (unpaired) electrons. The van der Waals surface area contributed by atoms with Crippen molar-refractivity contribution >= 4 is 33.6 Å². The van der Waals surface area contributed by atoms with Crippen molar-refractivity contribution in [3.8, 4) is 11.5 Å². The molecule has 144 valence electrons. The first-order valence-corrected chi connectivity index (χ1v) is 8.72. The molecule has 2 aromatic heterocycles. The summed E-state index contributed by atoms with van der Waals surface area (Å²) in [5.41, 5.74) is 0.353. The number of rotatable bonds is 7. The summed E-state index contributed by atoms with van der Waals surface area (Å²) in [6.45, 7) is 0.198. The third kappa shape index (κ3) is 4.29. The summed E-state index contributed by atoms with van der Waals surface area (Å²) in [7, 11) is 1.40. The molecule has 0 atom stereocenters. The number of carbonyl (C=O) groups is 1. The number of benzene rings is 1. The molecule has 0 spiro atoms. The highest BCUT2D eigenvalue weighted by molar-refractivity contribution is 9.10. The predicted molar refractivity (Wildman–Crippen MR) is 102 cm³/mol. The molecular weight excluding hydrogens is 434 g/mol. The fourth-order valence-electron chi connectivity index (χ4n) is 2.41. The number of nitro groups is 1. The monoisotopic (exact) mass is 447 g/mol. The normalized spacial score (nSPS) is 11.1. The average molecular weight is 448 g/mol. The Hall–Kier alpha value is -3.40. The summed E-state index contributed by atoms with van der Waals surface area (Å²) < 4.78 is 12.2. The Balaban J connectivity index is 1.69. The zero-order chi connectivity index (χ0) is 20.3. The van der Waals surface area contributed by atoms with E-state index in [0.29, 0.717) is 17.1 Å². The fraction of sp³-hybridized carbons (Fsp3) is 0.111. The molecule has 0 aliphatic heterocycles. The summed E-state index contributed by atoms with van der Waals surface area (Å²) in [4.78, 5) is 22.5. The van der Waals surface area contributed by atoms with Crippen LogP contribution in [0.25, 0.3) is 6.08 Å².